The molecule has 6 nitrogen and oxygen atoms in total. The molecule has 0 aliphatic carbocycles. The smallest absolute Gasteiger partial charge is 0.234 e. The average molecular weight is 238 g/mol. The zero-order chi connectivity index (χ0) is 12.1. The maximum atomic E-state index is 11.7. The topological polar surface area (TPSA) is 59.4 Å². The molecule has 2 heterocycles. The van der Waals surface area contributed by atoms with Crippen LogP contribution in [-0.2, 0) is 23.1 Å². The van der Waals surface area contributed by atoms with Gasteiger partial charge in [-0.05, 0) is 0 Å². The Kier molecular flexibility index (Phi) is 4.11. The molecule has 1 N–H and O–H groups in total. The SMILES string of the molecule is Cn1cc(CNC(=O)CN2CCOCC2)cn1. The van der Waals surface area contributed by atoms with E-state index >= 15 is 0 Å². The maximum absolute atomic E-state index is 11.7. The van der Waals surface area contributed by atoms with E-state index in [1.165, 1.54) is 0 Å². The van der Waals surface area contributed by atoms with Gasteiger partial charge in [0.15, 0.2) is 0 Å². The number of nitrogens with zero attached hydrogens (tertiary/aromatic N) is 3. The second-order valence-corrected chi connectivity index (χ2v) is 4.19. The molecule has 0 spiro atoms. The van der Waals surface area contributed by atoms with Crippen LogP contribution < -0.4 is 5.32 Å². The number of nitrogens with one attached hydrogen (secondary N) is 1. The van der Waals surface area contributed by atoms with E-state index in [2.05, 4.69) is 15.3 Å². The number of rotatable bonds is 4. The number of aromatic nitrogens is 2. The molecule has 6 heteroatoms. The highest BCUT2D eigenvalue weighted by Crippen LogP contribution is 1.97. The molecule has 1 aromatic rings. The second-order valence-electron chi connectivity index (χ2n) is 4.19. The lowest BCUT2D eigenvalue weighted by molar-refractivity contribution is -0.123. The van der Waals surface area contributed by atoms with E-state index in [1.807, 2.05) is 13.2 Å². The Morgan fingerprint density at radius 2 is 2.29 bits per heavy atom. The van der Waals surface area contributed by atoms with Gasteiger partial charge in [-0.2, -0.15) is 5.10 Å². The predicted molar refractivity (Wildman–Crippen MR) is 62.3 cm³/mol. The first kappa shape index (κ1) is 12.1. The van der Waals surface area contributed by atoms with Crippen LogP contribution in [0.3, 0.4) is 0 Å². The van der Waals surface area contributed by atoms with Crippen LogP contribution in [0.25, 0.3) is 0 Å². The largest absolute Gasteiger partial charge is 0.379 e. The van der Waals surface area contributed by atoms with Crippen molar-refractivity contribution in [2.24, 2.45) is 7.05 Å². The third kappa shape index (κ3) is 3.83. The van der Waals surface area contributed by atoms with Gasteiger partial charge in [0.1, 0.15) is 0 Å². The number of aryl methyl sites for hydroxylation is 1. The van der Waals surface area contributed by atoms with Gasteiger partial charge in [0.05, 0.1) is 26.0 Å². The molecule has 0 radical (unpaired) electrons. The summed E-state index contributed by atoms with van der Waals surface area (Å²) >= 11 is 0. The van der Waals surface area contributed by atoms with Crippen molar-refractivity contribution in [1.29, 1.82) is 0 Å². The van der Waals surface area contributed by atoms with E-state index in [-0.39, 0.29) is 5.91 Å². The van der Waals surface area contributed by atoms with Gasteiger partial charge in [0.2, 0.25) is 5.91 Å². The molecule has 1 aliphatic heterocycles. The number of hydrogen-bond donors (Lipinski definition) is 1. The van der Waals surface area contributed by atoms with E-state index in [0.29, 0.717) is 13.1 Å². The van der Waals surface area contributed by atoms with Gasteiger partial charge in [0, 0.05) is 38.4 Å². The van der Waals surface area contributed by atoms with Crippen molar-refractivity contribution in [2.45, 2.75) is 6.54 Å². The molecule has 1 aromatic heterocycles. The van der Waals surface area contributed by atoms with Crippen LogP contribution in [0.15, 0.2) is 12.4 Å². The maximum Gasteiger partial charge on any atom is 0.234 e. The van der Waals surface area contributed by atoms with Crippen molar-refractivity contribution >= 4 is 5.91 Å². The van der Waals surface area contributed by atoms with Gasteiger partial charge in [-0.1, -0.05) is 0 Å². The Labute approximate surface area is 101 Å². The zero-order valence-electron chi connectivity index (χ0n) is 10.1. The molecule has 1 saturated heterocycles. The minimum Gasteiger partial charge on any atom is -0.379 e. The van der Waals surface area contributed by atoms with E-state index in [4.69, 9.17) is 4.74 Å². The Balaban J connectivity index is 1.70. The molecular weight excluding hydrogens is 220 g/mol. The van der Waals surface area contributed by atoms with E-state index in [0.717, 1.165) is 31.9 Å². The van der Waals surface area contributed by atoms with Gasteiger partial charge in [-0.25, -0.2) is 0 Å². The Morgan fingerprint density at radius 1 is 1.53 bits per heavy atom. The van der Waals surface area contributed by atoms with Gasteiger partial charge < -0.3 is 10.1 Å². The molecule has 0 bridgehead atoms. The number of morpholine rings is 1. The minimum atomic E-state index is 0.0516. The summed E-state index contributed by atoms with van der Waals surface area (Å²) in [5, 5.41) is 6.93. The third-order valence-electron chi connectivity index (χ3n) is 2.72. The normalized spacial score (nSPS) is 17.0. The van der Waals surface area contributed by atoms with Gasteiger partial charge in [-0.15, -0.1) is 0 Å². The lowest BCUT2D eigenvalue weighted by Gasteiger charge is -2.25. The molecule has 0 saturated carbocycles. The third-order valence-corrected chi connectivity index (χ3v) is 2.72. The number of amides is 1. The highest BCUT2D eigenvalue weighted by atomic mass is 16.5. The molecule has 0 atom stereocenters. The van der Waals surface area contributed by atoms with Crippen LogP contribution >= 0.6 is 0 Å². The van der Waals surface area contributed by atoms with Gasteiger partial charge >= 0.3 is 0 Å². The van der Waals surface area contributed by atoms with Crippen molar-refractivity contribution in [3.63, 3.8) is 0 Å². The number of ether oxygens (including phenoxy) is 1. The molecule has 94 valence electrons. The molecule has 1 amide bonds. The molecule has 2 rings (SSSR count). The van der Waals surface area contributed by atoms with Crippen LogP contribution in [0.5, 0.6) is 0 Å². The number of carbonyl (C=O) groups excluding carboxylic acids is 1. The fourth-order valence-corrected chi connectivity index (χ4v) is 1.78. The summed E-state index contributed by atoms with van der Waals surface area (Å²) < 4.78 is 6.95. The van der Waals surface area contributed by atoms with Crippen LogP contribution in [0.1, 0.15) is 5.56 Å². The summed E-state index contributed by atoms with van der Waals surface area (Å²) in [6.07, 6.45) is 3.66. The molecule has 17 heavy (non-hydrogen) atoms. The molecule has 1 fully saturated rings. The summed E-state index contributed by atoms with van der Waals surface area (Å²) in [6, 6.07) is 0. The summed E-state index contributed by atoms with van der Waals surface area (Å²) in [6.45, 7) is 4.09. The molecule has 0 aromatic carbocycles. The van der Waals surface area contributed by atoms with Gasteiger partial charge in [-0.3, -0.25) is 14.4 Å². The Bertz CT molecular complexity index is 371. The Hall–Kier alpha value is -1.40. The van der Waals surface area contributed by atoms with Crippen LogP contribution in [0.4, 0.5) is 0 Å². The average Bonchev–Trinajstić information content (AvgIpc) is 2.74. The van der Waals surface area contributed by atoms with Crippen molar-refractivity contribution < 1.29 is 9.53 Å². The molecule has 1 aliphatic rings. The fraction of sp³-hybridized carbons (Fsp3) is 0.636. The standard InChI is InChI=1S/C11H18N4O2/c1-14-8-10(7-13-14)6-12-11(16)9-15-2-4-17-5-3-15/h7-8H,2-6,9H2,1H3,(H,12,16). The first-order valence-corrected chi connectivity index (χ1v) is 5.78. The van der Waals surface area contributed by atoms with Crippen LogP contribution in [-0.4, -0.2) is 53.4 Å². The zero-order valence-corrected chi connectivity index (χ0v) is 10.1. The highest BCUT2D eigenvalue weighted by Gasteiger charge is 2.13. The van der Waals surface area contributed by atoms with Crippen LogP contribution in [0, 0.1) is 0 Å². The van der Waals surface area contributed by atoms with E-state index in [1.54, 1.807) is 10.9 Å². The Morgan fingerprint density at radius 3 is 2.94 bits per heavy atom. The second kappa shape index (κ2) is 5.79. The lowest BCUT2D eigenvalue weighted by Crippen LogP contribution is -2.43. The monoisotopic (exact) mass is 238 g/mol. The fourth-order valence-electron chi connectivity index (χ4n) is 1.78. The summed E-state index contributed by atoms with van der Waals surface area (Å²) in [4.78, 5) is 13.8. The molecule has 0 unspecified atom stereocenters. The quantitative estimate of drug-likeness (QED) is 0.758. The van der Waals surface area contributed by atoms with Crippen molar-refractivity contribution in [2.75, 3.05) is 32.8 Å². The van der Waals surface area contributed by atoms with E-state index in [9.17, 15) is 4.79 Å². The van der Waals surface area contributed by atoms with Crippen molar-refractivity contribution in [1.82, 2.24) is 20.0 Å². The first-order valence-electron chi connectivity index (χ1n) is 5.78. The van der Waals surface area contributed by atoms with E-state index < -0.39 is 0 Å². The summed E-state index contributed by atoms with van der Waals surface area (Å²) in [5.41, 5.74) is 1.02. The highest BCUT2D eigenvalue weighted by molar-refractivity contribution is 5.77. The van der Waals surface area contributed by atoms with Crippen molar-refractivity contribution in [3.05, 3.63) is 18.0 Å². The number of hydrogen-bond acceptors (Lipinski definition) is 4. The first-order chi connectivity index (χ1) is 8.24. The summed E-state index contributed by atoms with van der Waals surface area (Å²) in [7, 11) is 1.86. The van der Waals surface area contributed by atoms with Crippen molar-refractivity contribution in [3.8, 4) is 0 Å². The molecular formula is C11H18N4O2. The summed E-state index contributed by atoms with van der Waals surface area (Å²) in [5.74, 6) is 0.0516. The lowest BCUT2D eigenvalue weighted by atomic mass is 10.3. The van der Waals surface area contributed by atoms with Gasteiger partial charge in [0.25, 0.3) is 0 Å². The predicted octanol–water partition coefficient (Wildman–Crippen LogP) is -0.631. The van der Waals surface area contributed by atoms with Crippen LogP contribution in [0.2, 0.25) is 0 Å². The number of carbonyl (C=O) groups is 1. The minimum absolute atomic E-state index is 0.0516.